The van der Waals surface area contributed by atoms with Crippen LogP contribution in [0.4, 0.5) is 0 Å². The van der Waals surface area contributed by atoms with E-state index in [4.69, 9.17) is 0 Å². The molecule has 2 rings (SSSR count). The van der Waals surface area contributed by atoms with Crippen LogP contribution in [-0.4, -0.2) is 24.9 Å². The predicted molar refractivity (Wildman–Crippen MR) is 114 cm³/mol. The minimum Gasteiger partial charge on any atom is -0.352 e. The van der Waals surface area contributed by atoms with Gasteiger partial charge in [-0.1, -0.05) is 72.8 Å². The van der Waals surface area contributed by atoms with E-state index in [9.17, 15) is 9.59 Å². The van der Waals surface area contributed by atoms with Crippen LogP contribution in [0, 0.1) is 11.8 Å². The van der Waals surface area contributed by atoms with Crippen molar-refractivity contribution in [3.05, 3.63) is 97.1 Å². The highest BCUT2D eigenvalue weighted by Gasteiger charge is 2.33. The molecule has 2 unspecified atom stereocenters. The fraction of sp³-hybridized carbons (Fsp3) is 0.250. The molecule has 28 heavy (non-hydrogen) atoms. The van der Waals surface area contributed by atoms with Crippen LogP contribution in [-0.2, 0) is 22.4 Å². The fourth-order valence-corrected chi connectivity index (χ4v) is 3.18. The van der Waals surface area contributed by atoms with Crippen LogP contribution in [0.5, 0.6) is 0 Å². The van der Waals surface area contributed by atoms with E-state index in [-0.39, 0.29) is 11.8 Å². The molecule has 2 atom stereocenters. The van der Waals surface area contributed by atoms with E-state index in [0.29, 0.717) is 25.9 Å². The molecule has 2 aromatic carbocycles. The van der Waals surface area contributed by atoms with Crippen LogP contribution in [0.15, 0.2) is 86.0 Å². The smallest absolute Gasteiger partial charge is 0.224 e. The van der Waals surface area contributed by atoms with E-state index in [1.54, 1.807) is 12.2 Å². The fourth-order valence-electron chi connectivity index (χ4n) is 3.18. The SMILES string of the molecule is C=CCNC(=O)C(Cc1ccccc1)C(Cc1ccccc1)C(=O)NCC=C. The molecule has 0 spiro atoms. The first-order valence-corrected chi connectivity index (χ1v) is 9.50. The molecular formula is C24H28N2O2. The number of rotatable bonds is 11. The van der Waals surface area contributed by atoms with Gasteiger partial charge in [0.05, 0.1) is 11.8 Å². The minimum absolute atomic E-state index is 0.140. The second kappa shape index (κ2) is 11.5. The van der Waals surface area contributed by atoms with Crippen molar-refractivity contribution in [3.63, 3.8) is 0 Å². The van der Waals surface area contributed by atoms with Gasteiger partial charge in [-0.15, -0.1) is 13.2 Å². The summed E-state index contributed by atoms with van der Waals surface area (Å²) in [6, 6.07) is 19.6. The summed E-state index contributed by atoms with van der Waals surface area (Å²) < 4.78 is 0. The van der Waals surface area contributed by atoms with Crippen molar-refractivity contribution < 1.29 is 9.59 Å². The Morgan fingerprint density at radius 1 is 0.714 bits per heavy atom. The maximum atomic E-state index is 13.0. The Morgan fingerprint density at radius 3 is 1.39 bits per heavy atom. The first-order valence-electron chi connectivity index (χ1n) is 9.50. The number of benzene rings is 2. The molecule has 4 heteroatoms. The van der Waals surface area contributed by atoms with Gasteiger partial charge in [-0.3, -0.25) is 9.59 Å². The Morgan fingerprint density at radius 2 is 1.07 bits per heavy atom. The molecular weight excluding hydrogens is 348 g/mol. The third-order valence-electron chi connectivity index (χ3n) is 4.60. The van der Waals surface area contributed by atoms with Gasteiger partial charge < -0.3 is 10.6 Å². The van der Waals surface area contributed by atoms with Gasteiger partial charge in [0, 0.05) is 13.1 Å². The number of carbonyl (C=O) groups is 2. The van der Waals surface area contributed by atoms with Gasteiger partial charge in [0.1, 0.15) is 0 Å². The maximum absolute atomic E-state index is 13.0. The number of carbonyl (C=O) groups excluding carboxylic acids is 2. The molecule has 0 aromatic heterocycles. The Kier molecular flexibility index (Phi) is 8.73. The molecule has 0 saturated carbocycles. The Bertz CT molecular complexity index is 704. The van der Waals surface area contributed by atoms with Gasteiger partial charge in [-0.2, -0.15) is 0 Å². The largest absolute Gasteiger partial charge is 0.352 e. The summed E-state index contributed by atoms with van der Waals surface area (Å²) in [5.74, 6) is -1.27. The van der Waals surface area contributed by atoms with E-state index in [1.165, 1.54) is 0 Å². The quantitative estimate of drug-likeness (QED) is 0.591. The van der Waals surface area contributed by atoms with E-state index in [2.05, 4.69) is 23.8 Å². The number of amides is 2. The van der Waals surface area contributed by atoms with Gasteiger partial charge >= 0.3 is 0 Å². The third kappa shape index (κ3) is 6.54. The lowest BCUT2D eigenvalue weighted by molar-refractivity contribution is -0.134. The van der Waals surface area contributed by atoms with Gasteiger partial charge in [0.15, 0.2) is 0 Å². The van der Waals surface area contributed by atoms with Crippen molar-refractivity contribution in [3.8, 4) is 0 Å². The molecule has 0 heterocycles. The van der Waals surface area contributed by atoms with Gasteiger partial charge in [0.25, 0.3) is 0 Å². The highest BCUT2D eigenvalue weighted by atomic mass is 16.2. The molecule has 0 fully saturated rings. The molecule has 0 bridgehead atoms. The zero-order valence-corrected chi connectivity index (χ0v) is 16.1. The first-order chi connectivity index (χ1) is 13.7. The lowest BCUT2D eigenvalue weighted by atomic mass is 9.81. The molecule has 146 valence electrons. The number of hydrogen-bond acceptors (Lipinski definition) is 2. The molecule has 0 saturated heterocycles. The molecule has 4 nitrogen and oxygen atoms in total. The van der Waals surface area contributed by atoms with Crippen LogP contribution >= 0.6 is 0 Å². The standard InChI is InChI=1S/C24H28N2O2/c1-3-15-25-23(27)21(17-19-11-7-5-8-12-19)22(24(28)26-16-4-2)18-20-13-9-6-10-14-20/h3-14,21-22H,1-2,15-18H2,(H,25,27)(H,26,28). The second-order valence-electron chi connectivity index (χ2n) is 6.66. The maximum Gasteiger partial charge on any atom is 0.224 e. The molecule has 2 amide bonds. The lowest BCUT2D eigenvalue weighted by Crippen LogP contribution is -2.44. The first kappa shape index (κ1) is 21.2. The van der Waals surface area contributed by atoms with Crippen molar-refractivity contribution >= 4 is 11.8 Å². The summed E-state index contributed by atoms with van der Waals surface area (Å²) in [7, 11) is 0. The van der Waals surface area contributed by atoms with E-state index >= 15 is 0 Å². The van der Waals surface area contributed by atoms with E-state index < -0.39 is 11.8 Å². The molecule has 0 aliphatic heterocycles. The average molecular weight is 377 g/mol. The van der Waals surface area contributed by atoms with Crippen molar-refractivity contribution in [1.29, 1.82) is 0 Å². The third-order valence-corrected chi connectivity index (χ3v) is 4.60. The highest BCUT2D eigenvalue weighted by molar-refractivity contribution is 5.88. The summed E-state index contributed by atoms with van der Waals surface area (Å²) in [5.41, 5.74) is 2.05. The van der Waals surface area contributed by atoms with Gasteiger partial charge in [-0.25, -0.2) is 0 Å². The molecule has 2 aromatic rings. The van der Waals surface area contributed by atoms with Crippen LogP contribution in [0.1, 0.15) is 11.1 Å². The van der Waals surface area contributed by atoms with E-state index in [1.807, 2.05) is 60.7 Å². The summed E-state index contributed by atoms with van der Waals surface area (Å²) in [6.07, 6.45) is 4.26. The Balaban J connectivity index is 2.33. The normalized spacial score (nSPS) is 12.4. The summed E-state index contributed by atoms with van der Waals surface area (Å²) in [6.45, 7) is 8.06. The summed E-state index contributed by atoms with van der Waals surface area (Å²) in [4.78, 5) is 25.9. The number of hydrogen-bond donors (Lipinski definition) is 2. The van der Waals surface area contributed by atoms with Gasteiger partial charge in [0.2, 0.25) is 11.8 Å². The van der Waals surface area contributed by atoms with Crippen LogP contribution < -0.4 is 10.6 Å². The van der Waals surface area contributed by atoms with Crippen molar-refractivity contribution in [1.82, 2.24) is 10.6 Å². The number of nitrogens with one attached hydrogen (secondary N) is 2. The van der Waals surface area contributed by atoms with Crippen LogP contribution in [0.25, 0.3) is 0 Å². The van der Waals surface area contributed by atoms with Crippen molar-refractivity contribution in [2.24, 2.45) is 11.8 Å². The monoisotopic (exact) mass is 376 g/mol. The zero-order chi connectivity index (χ0) is 20.2. The Hall–Kier alpha value is -3.14. The molecule has 0 aliphatic rings. The highest BCUT2D eigenvalue weighted by Crippen LogP contribution is 2.23. The molecule has 0 radical (unpaired) electrons. The second-order valence-corrected chi connectivity index (χ2v) is 6.66. The van der Waals surface area contributed by atoms with Gasteiger partial charge in [-0.05, 0) is 24.0 Å². The molecule has 2 N–H and O–H groups in total. The van der Waals surface area contributed by atoms with Crippen molar-refractivity contribution in [2.75, 3.05) is 13.1 Å². The summed E-state index contributed by atoms with van der Waals surface area (Å²) >= 11 is 0. The molecule has 0 aliphatic carbocycles. The average Bonchev–Trinajstić information content (AvgIpc) is 2.74. The lowest BCUT2D eigenvalue weighted by Gasteiger charge is -2.26. The topological polar surface area (TPSA) is 58.2 Å². The Labute approximate surface area is 167 Å². The van der Waals surface area contributed by atoms with E-state index in [0.717, 1.165) is 11.1 Å². The van der Waals surface area contributed by atoms with Crippen LogP contribution in [0.3, 0.4) is 0 Å². The summed E-state index contributed by atoms with van der Waals surface area (Å²) in [5, 5.41) is 5.75. The predicted octanol–water partition coefficient (Wildman–Crippen LogP) is 3.31. The van der Waals surface area contributed by atoms with Crippen molar-refractivity contribution in [2.45, 2.75) is 12.8 Å². The van der Waals surface area contributed by atoms with Crippen LogP contribution in [0.2, 0.25) is 0 Å². The zero-order valence-electron chi connectivity index (χ0n) is 16.1. The minimum atomic E-state index is -0.493.